The summed E-state index contributed by atoms with van der Waals surface area (Å²) in [5.74, 6) is -3.24. The molecule has 0 radical (unpaired) electrons. The van der Waals surface area contributed by atoms with Crippen LogP contribution in [-0.2, 0) is 9.59 Å². The third-order valence-corrected chi connectivity index (χ3v) is 6.88. The largest absolute Gasteiger partial charge is 0.382 e. The second-order valence-corrected chi connectivity index (χ2v) is 10.8. The van der Waals surface area contributed by atoms with Gasteiger partial charge in [-0.05, 0) is 38.5 Å². The van der Waals surface area contributed by atoms with E-state index < -0.39 is 47.2 Å². The van der Waals surface area contributed by atoms with E-state index in [-0.39, 0.29) is 22.9 Å². The first kappa shape index (κ1) is 27.4. The van der Waals surface area contributed by atoms with Gasteiger partial charge in [0.1, 0.15) is 12.1 Å². The predicted molar refractivity (Wildman–Crippen MR) is 138 cm³/mol. The van der Waals surface area contributed by atoms with Crippen molar-refractivity contribution < 1.29 is 24.3 Å². The molecule has 4 atom stereocenters. The second-order valence-electron chi connectivity index (χ2n) is 9.78. The lowest BCUT2D eigenvalue weighted by molar-refractivity contribution is -0.147. The van der Waals surface area contributed by atoms with Crippen LogP contribution in [0.5, 0.6) is 0 Å². The molecule has 2 aromatic rings. The van der Waals surface area contributed by atoms with Gasteiger partial charge >= 0.3 is 0 Å². The topological polar surface area (TPSA) is 156 Å². The molecule has 10 heteroatoms. The van der Waals surface area contributed by atoms with Gasteiger partial charge in [0.15, 0.2) is 5.78 Å². The Labute approximate surface area is 214 Å². The molecule has 1 heterocycles. The first-order chi connectivity index (χ1) is 16.9. The molecule has 0 aromatic heterocycles. The first-order valence-corrected chi connectivity index (χ1v) is 12.7. The van der Waals surface area contributed by atoms with E-state index in [2.05, 4.69) is 5.32 Å². The molecular formula is C26H32N4O5S. The Hall–Kier alpha value is -3.21. The smallest absolute Gasteiger partial charge is 0.253 e. The number of nitrogens with two attached hydrogens (primary N) is 2. The highest BCUT2D eigenvalue weighted by atomic mass is 32.2. The third kappa shape index (κ3) is 6.31. The molecule has 1 aliphatic rings. The van der Waals surface area contributed by atoms with Gasteiger partial charge in [-0.25, -0.2) is 0 Å². The van der Waals surface area contributed by atoms with Crippen LogP contribution < -0.4 is 16.8 Å². The Morgan fingerprint density at radius 3 is 2.31 bits per heavy atom. The van der Waals surface area contributed by atoms with E-state index in [1.165, 1.54) is 40.9 Å². The highest BCUT2D eigenvalue weighted by Gasteiger charge is 2.44. The number of amides is 3. The number of nitrogens with zero attached hydrogens (tertiary/aromatic N) is 1. The van der Waals surface area contributed by atoms with Gasteiger partial charge in [-0.3, -0.25) is 19.2 Å². The van der Waals surface area contributed by atoms with E-state index in [0.717, 1.165) is 0 Å². The molecule has 3 amide bonds. The number of carbonyl (C=O) groups is 4. The molecule has 36 heavy (non-hydrogen) atoms. The van der Waals surface area contributed by atoms with Gasteiger partial charge in [-0.1, -0.05) is 42.5 Å². The molecule has 0 saturated carbocycles. The molecule has 0 bridgehead atoms. The fourth-order valence-corrected chi connectivity index (χ4v) is 5.22. The van der Waals surface area contributed by atoms with Crippen molar-refractivity contribution in [3.8, 4) is 0 Å². The van der Waals surface area contributed by atoms with Crippen LogP contribution in [0.15, 0.2) is 54.6 Å². The molecule has 1 fully saturated rings. The summed E-state index contributed by atoms with van der Waals surface area (Å²) in [6.45, 7) is 5.51. The number of Topliss-reactive ketones (excluding diaryl/α,β-unsaturated/α-hetero) is 1. The van der Waals surface area contributed by atoms with Crippen LogP contribution in [0.2, 0.25) is 0 Å². The Balaban J connectivity index is 1.96. The van der Waals surface area contributed by atoms with Gasteiger partial charge in [-0.15, -0.1) is 11.8 Å². The minimum absolute atomic E-state index is 0.0901. The fourth-order valence-electron chi connectivity index (χ4n) is 4.06. The number of aliphatic hydroxyl groups is 1. The summed E-state index contributed by atoms with van der Waals surface area (Å²) in [5.41, 5.74) is 12.1. The molecule has 0 spiro atoms. The van der Waals surface area contributed by atoms with Crippen LogP contribution in [-0.4, -0.2) is 62.8 Å². The summed E-state index contributed by atoms with van der Waals surface area (Å²) in [5, 5.41) is 14.2. The van der Waals surface area contributed by atoms with Crippen molar-refractivity contribution in [3.05, 3.63) is 71.3 Å². The third-order valence-electron chi connectivity index (χ3n) is 5.87. The van der Waals surface area contributed by atoms with Crippen molar-refractivity contribution in [2.75, 3.05) is 11.6 Å². The molecule has 9 nitrogen and oxygen atoms in total. The maximum Gasteiger partial charge on any atom is 0.253 e. The molecule has 192 valence electrons. The molecule has 0 aliphatic carbocycles. The second kappa shape index (κ2) is 11.2. The Morgan fingerprint density at radius 2 is 1.69 bits per heavy atom. The van der Waals surface area contributed by atoms with Crippen molar-refractivity contribution in [2.45, 2.75) is 44.5 Å². The summed E-state index contributed by atoms with van der Waals surface area (Å²) in [6.07, 6.45) is -1.83. The van der Waals surface area contributed by atoms with Crippen molar-refractivity contribution >= 4 is 35.3 Å². The van der Waals surface area contributed by atoms with Gasteiger partial charge in [-0.2, -0.15) is 0 Å². The van der Waals surface area contributed by atoms with E-state index in [1.54, 1.807) is 30.3 Å². The molecule has 3 unspecified atom stereocenters. The summed E-state index contributed by atoms with van der Waals surface area (Å²) < 4.78 is 0. The lowest BCUT2D eigenvalue weighted by Crippen LogP contribution is -2.56. The number of carbonyl (C=O) groups excluding carboxylic acids is 4. The number of rotatable bonds is 8. The predicted octanol–water partition coefficient (Wildman–Crippen LogP) is 1.46. The van der Waals surface area contributed by atoms with E-state index in [4.69, 9.17) is 11.5 Å². The van der Waals surface area contributed by atoms with Crippen molar-refractivity contribution in [2.24, 2.45) is 17.4 Å². The van der Waals surface area contributed by atoms with Crippen LogP contribution in [0.1, 0.15) is 53.1 Å². The number of benzene rings is 2. The van der Waals surface area contributed by atoms with Crippen LogP contribution >= 0.6 is 11.8 Å². The summed E-state index contributed by atoms with van der Waals surface area (Å²) >= 11 is 1.38. The van der Waals surface area contributed by atoms with E-state index in [1.807, 2.05) is 20.8 Å². The molecular weight excluding hydrogens is 480 g/mol. The minimum Gasteiger partial charge on any atom is -0.382 e. The number of aliphatic hydroxyl groups excluding tert-OH is 1. The fraction of sp³-hybridized carbons (Fsp3) is 0.385. The maximum absolute atomic E-state index is 13.7. The zero-order chi connectivity index (χ0) is 26.6. The Kier molecular flexibility index (Phi) is 8.55. The minimum atomic E-state index is -1.83. The molecule has 2 aromatic carbocycles. The number of ketones is 1. The van der Waals surface area contributed by atoms with Crippen LogP contribution in [0.25, 0.3) is 0 Å². The lowest BCUT2D eigenvalue weighted by Gasteiger charge is -2.32. The van der Waals surface area contributed by atoms with Gasteiger partial charge in [0.05, 0.1) is 11.8 Å². The van der Waals surface area contributed by atoms with Gasteiger partial charge in [0, 0.05) is 28.5 Å². The van der Waals surface area contributed by atoms with Crippen molar-refractivity contribution in [1.29, 1.82) is 0 Å². The van der Waals surface area contributed by atoms with Crippen molar-refractivity contribution in [1.82, 2.24) is 10.2 Å². The average Bonchev–Trinajstić information content (AvgIpc) is 3.33. The van der Waals surface area contributed by atoms with Crippen LogP contribution in [0, 0.1) is 5.92 Å². The Morgan fingerprint density at radius 1 is 1.06 bits per heavy atom. The van der Waals surface area contributed by atoms with Gasteiger partial charge in [0.25, 0.3) is 5.91 Å². The molecule has 6 N–H and O–H groups in total. The average molecular weight is 513 g/mol. The van der Waals surface area contributed by atoms with Gasteiger partial charge < -0.3 is 26.8 Å². The zero-order valence-corrected chi connectivity index (χ0v) is 21.3. The number of nitrogens with one attached hydrogen (secondary N) is 1. The van der Waals surface area contributed by atoms with E-state index in [0.29, 0.717) is 11.3 Å². The highest BCUT2D eigenvalue weighted by molar-refractivity contribution is 7.99. The van der Waals surface area contributed by atoms with E-state index >= 15 is 0 Å². The molecule has 3 rings (SSSR count). The normalized spacial score (nSPS) is 18.2. The number of hydrogen-bond acceptors (Lipinski definition) is 7. The zero-order valence-electron chi connectivity index (χ0n) is 20.5. The Bertz CT molecular complexity index is 1130. The SMILES string of the molecule is CC(C)(C)NC(=O)[C@@H]1CSCN1C(=O)C(O)C(C(=O)c1cccc(C(N)=O)c1)C(N)c1ccccc1. The van der Waals surface area contributed by atoms with Crippen molar-refractivity contribution in [3.63, 3.8) is 0 Å². The summed E-state index contributed by atoms with van der Waals surface area (Å²) in [7, 11) is 0. The van der Waals surface area contributed by atoms with Crippen LogP contribution in [0.3, 0.4) is 0 Å². The molecule has 1 saturated heterocycles. The maximum atomic E-state index is 13.7. The molecule has 1 aliphatic heterocycles. The standard InChI is InChI=1S/C26H32N4O5S/c1-26(2,3)29-24(34)18-13-36-14-30(18)25(35)22(32)19(20(27)15-8-5-4-6-9-15)21(31)16-10-7-11-17(12-16)23(28)33/h4-12,18-20,22,32H,13-14,27H2,1-3H3,(H2,28,33)(H,29,34)/t18-,19?,20?,22?/m0/s1. The highest BCUT2D eigenvalue weighted by Crippen LogP contribution is 2.30. The number of thioether (sulfide) groups is 1. The lowest BCUT2D eigenvalue weighted by atomic mass is 9.82. The monoisotopic (exact) mass is 512 g/mol. The first-order valence-electron chi connectivity index (χ1n) is 11.5. The van der Waals surface area contributed by atoms with Gasteiger partial charge in [0.2, 0.25) is 11.8 Å². The van der Waals surface area contributed by atoms with E-state index in [9.17, 15) is 24.3 Å². The summed E-state index contributed by atoms with van der Waals surface area (Å²) in [4.78, 5) is 52.9. The summed E-state index contributed by atoms with van der Waals surface area (Å²) in [6, 6.07) is 12.6. The quantitative estimate of drug-likeness (QED) is 0.390. The number of hydrogen-bond donors (Lipinski definition) is 4. The van der Waals surface area contributed by atoms with Crippen LogP contribution in [0.4, 0.5) is 0 Å². The number of primary amides is 1.